The predicted octanol–water partition coefficient (Wildman–Crippen LogP) is 2.09. The van der Waals surface area contributed by atoms with Crippen molar-refractivity contribution in [3.8, 4) is 0 Å². The Labute approximate surface area is 51.3 Å². The lowest BCUT2D eigenvalue weighted by atomic mass is 10.4. The molecule has 0 amide bonds. The maximum Gasteiger partial charge on any atom is 0.0473 e. The van der Waals surface area contributed by atoms with Crippen LogP contribution in [-0.2, 0) is 0 Å². The van der Waals surface area contributed by atoms with Gasteiger partial charge in [0.05, 0.1) is 0 Å². The van der Waals surface area contributed by atoms with Crippen LogP contribution in [0.1, 0.15) is 13.3 Å². The summed E-state index contributed by atoms with van der Waals surface area (Å²) >= 11 is 3.36. The van der Waals surface area contributed by atoms with Gasteiger partial charge in [0.25, 0.3) is 0 Å². The van der Waals surface area contributed by atoms with Crippen LogP contribution in [-0.4, -0.2) is 6.21 Å². The van der Waals surface area contributed by atoms with Gasteiger partial charge in [0.15, 0.2) is 0 Å². The summed E-state index contributed by atoms with van der Waals surface area (Å²) in [6.45, 7) is 1.99. The molecule has 0 saturated carbocycles. The molecule has 0 aromatic rings. The van der Waals surface area contributed by atoms with Crippen LogP contribution in [0.3, 0.4) is 0 Å². The summed E-state index contributed by atoms with van der Waals surface area (Å²) in [6, 6.07) is 0. The number of aliphatic imine (C=N–C) groups is 1. The molecule has 0 unspecified atom stereocenters. The molecule has 0 N–H and O–H groups in total. The van der Waals surface area contributed by atoms with Gasteiger partial charge in [0, 0.05) is 22.8 Å². The van der Waals surface area contributed by atoms with Crippen molar-refractivity contribution in [3.63, 3.8) is 0 Å². The first-order valence-electron chi connectivity index (χ1n) is 2.18. The van der Waals surface area contributed by atoms with Crippen molar-refractivity contribution in [1.29, 1.82) is 0 Å². The monoisotopic (exact) mass is 159 g/mol. The molecule has 0 aromatic heterocycles. The highest BCUT2D eigenvalue weighted by atomic mass is 79.9. The fourth-order valence-electron chi connectivity index (χ4n) is 0.480. The quantitative estimate of drug-likeness (QED) is 0.514. The Balaban J connectivity index is 2.79. The van der Waals surface area contributed by atoms with Gasteiger partial charge in [0.2, 0.25) is 0 Å². The van der Waals surface area contributed by atoms with Crippen molar-refractivity contribution in [1.82, 2.24) is 0 Å². The summed E-state index contributed by atoms with van der Waals surface area (Å²) in [6.07, 6.45) is 2.88. The molecule has 38 valence electrons. The molecule has 0 atom stereocenters. The van der Waals surface area contributed by atoms with E-state index >= 15 is 0 Å². The van der Waals surface area contributed by atoms with Crippen molar-refractivity contribution >= 4 is 22.1 Å². The van der Waals surface area contributed by atoms with Gasteiger partial charge in [-0.2, -0.15) is 0 Å². The molecule has 0 bridgehead atoms. The minimum absolute atomic E-state index is 0.978. The molecule has 1 aliphatic rings. The van der Waals surface area contributed by atoms with E-state index in [0.717, 1.165) is 12.1 Å². The van der Waals surface area contributed by atoms with Gasteiger partial charge in [-0.15, -0.1) is 0 Å². The molecule has 1 aliphatic heterocycles. The second kappa shape index (κ2) is 1.78. The van der Waals surface area contributed by atoms with Gasteiger partial charge >= 0.3 is 0 Å². The molecule has 7 heavy (non-hydrogen) atoms. The molecule has 2 heteroatoms. The normalized spacial score (nSPS) is 19.1. The van der Waals surface area contributed by atoms with E-state index < -0.39 is 0 Å². The average molecular weight is 160 g/mol. The van der Waals surface area contributed by atoms with Crippen LogP contribution in [0.25, 0.3) is 0 Å². The predicted molar refractivity (Wildman–Crippen MR) is 34.7 cm³/mol. The molecule has 0 spiro atoms. The summed E-state index contributed by atoms with van der Waals surface area (Å²) in [4.78, 5) is 4.02. The minimum Gasteiger partial charge on any atom is -0.265 e. The first-order chi connectivity index (χ1) is 3.30. The van der Waals surface area contributed by atoms with Crippen LogP contribution in [0.4, 0.5) is 0 Å². The molecule has 1 nitrogen and oxygen atoms in total. The second-order valence-electron chi connectivity index (χ2n) is 1.51. The molecule has 0 fully saturated rings. The van der Waals surface area contributed by atoms with Crippen molar-refractivity contribution in [2.75, 3.05) is 0 Å². The van der Waals surface area contributed by atoms with Crippen LogP contribution in [0.5, 0.6) is 0 Å². The van der Waals surface area contributed by atoms with Gasteiger partial charge in [-0.3, -0.25) is 4.99 Å². The van der Waals surface area contributed by atoms with Crippen LogP contribution in [0.2, 0.25) is 0 Å². The van der Waals surface area contributed by atoms with E-state index in [1.54, 1.807) is 0 Å². The van der Waals surface area contributed by atoms with Crippen LogP contribution < -0.4 is 0 Å². The summed E-state index contributed by atoms with van der Waals surface area (Å²) in [5.74, 6) is 0. The van der Waals surface area contributed by atoms with E-state index in [9.17, 15) is 0 Å². The fourth-order valence-corrected chi connectivity index (χ4v) is 0.728. The molecule has 1 rings (SSSR count). The van der Waals surface area contributed by atoms with Crippen LogP contribution >= 0.6 is 15.9 Å². The van der Waals surface area contributed by atoms with Crippen molar-refractivity contribution < 1.29 is 0 Å². The smallest absolute Gasteiger partial charge is 0.0473 e. The van der Waals surface area contributed by atoms with E-state index in [-0.39, 0.29) is 0 Å². The fraction of sp³-hybridized carbons (Fsp3) is 0.400. The minimum atomic E-state index is 0.978. The summed E-state index contributed by atoms with van der Waals surface area (Å²) in [7, 11) is 0. The van der Waals surface area contributed by atoms with E-state index in [0.29, 0.717) is 0 Å². The lowest BCUT2D eigenvalue weighted by Gasteiger charge is -1.83. The first-order valence-corrected chi connectivity index (χ1v) is 2.98. The zero-order chi connectivity index (χ0) is 5.28. The van der Waals surface area contributed by atoms with E-state index in [4.69, 9.17) is 0 Å². The van der Waals surface area contributed by atoms with E-state index in [1.165, 1.54) is 4.48 Å². The number of hydrogen-bond acceptors (Lipinski definition) is 1. The number of rotatable bonds is 0. The van der Waals surface area contributed by atoms with Crippen molar-refractivity contribution in [3.05, 3.63) is 10.2 Å². The van der Waals surface area contributed by atoms with E-state index in [2.05, 4.69) is 20.9 Å². The van der Waals surface area contributed by atoms with Gasteiger partial charge in [-0.1, -0.05) is 15.9 Å². The standard InChI is InChI=1S/C5H6BrN/c1-4-5(6)2-3-7-4/h3H,2H2,1H3. The van der Waals surface area contributed by atoms with Gasteiger partial charge in [-0.05, 0) is 6.92 Å². The Morgan fingerprint density at radius 3 is 2.71 bits per heavy atom. The van der Waals surface area contributed by atoms with Gasteiger partial charge in [0.1, 0.15) is 0 Å². The maximum atomic E-state index is 4.02. The second-order valence-corrected chi connectivity index (χ2v) is 2.46. The molecule has 1 heterocycles. The molecule has 0 aromatic carbocycles. The van der Waals surface area contributed by atoms with Crippen LogP contribution in [0.15, 0.2) is 15.2 Å². The van der Waals surface area contributed by atoms with Crippen LogP contribution in [0, 0.1) is 0 Å². The molecular formula is C5H6BrN. The van der Waals surface area contributed by atoms with Gasteiger partial charge < -0.3 is 0 Å². The highest BCUT2D eigenvalue weighted by molar-refractivity contribution is 9.11. The third-order valence-corrected chi connectivity index (χ3v) is 1.85. The highest BCUT2D eigenvalue weighted by Gasteiger charge is 1.99. The first kappa shape index (κ1) is 5.04. The molecule has 0 radical (unpaired) electrons. The molecular weight excluding hydrogens is 154 g/mol. The zero-order valence-corrected chi connectivity index (χ0v) is 5.70. The molecule has 0 aliphatic carbocycles. The third-order valence-electron chi connectivity index (χ3n) is 0.948. The third kappa shape index (κ3) is 0.911. The topological polar surface area (TPSA) is 12.4 Å². The number of halogens is 1. The van der Waals surface area contributed by atoms with E-state index in [1.807, 2.05) is 13.1 Å². The zero-order valence-electron chi connectivity index (χ0n) is 4.11. The van der Waals surface area contributed by atoms with Crippen molar-refractivity contribution in [2.45, 2.75) is 13.3 Å². The Morgan fingerprint density at radius 1 is 1.86 bits per heavy atom. The Morgan fingerprint density at radius 2 is 2.57 bits per heavy atom. The van der Waals surface area contributed by atoms with Crippen molar-refractivity contribution in [2.24, 2.45) is 4.99 Å². The lowest BCUT2D eigenvalue weighted by molar-refractivity contribution is 1.33. The number of allylic oxidation sites excluding steroid dienone is 2. The average Bonchev–Trinajstić information content (AvgIpc) is 1.91. The summed E-state index contributed by atoms with van der Waals surface area (Å²) in [5.41, 5.74) is 1.11. The lowest BCUT2D eigenvalue weighted by Crippen LogP contribution is -1.63. The number of hydrogen-bond donors (Lipinski definition) is 0. The highest BCUT2D eigenvalue weighted by Crippen LogP contribution is 2.19. The SMILES string of the molecule is CC1=C(Br)CC=N1. The summed E-state index contributed by atoms with van der Waals surface area (Å²) < 4.78 is 1.22. The Kier molecular flexibility index (Phi) is 1.28. The van der Waals surface area contributed by atoms with Gasteiger partial charge in [-0.25, -0.2) is 0 Å². The molecule has 0 saturated heterocycles. The Bertz CT molecular complexity index is 135. The maximum absolute atomic E-state index is 4.02. The summed E-state index contributed by atoms with van der Waals surface area (Å²) in [5, 5.41) is 0. The largest absolute Gasteiger partial charge is 0.265 e. The number of nitrogens with zero attached hydrogens (tertiary/aromatic N) is 1. The Hall–Kier alpha value is -0.110.